The van der Waals surface area contributed by atoms with Crippen LogP contribution in [0.3, 0.4) is 0 Å². The van der Waals surface area contributed by atoms with Crippen molar-refractivity contribution in [2.75, 3.05) is 0 Å². The molecule has 0 saturated carbocycles. The van der Waals surface area contributed by atoms with E-state index < -0.39 is 0 Å². The van der Waals surface area contributed by atoms with Crippen molar-refractivity contribution in [3.63, 3.8) is 0 Å². The highest BCUT2D eigenvalue weighted by Gasteiger charge is 2.20. The fourth-order valence-electron chi connectivity index (χ4n) is 4.72. The van der Waals surface area contributed by atoms with Gasteiger partial charge >= 0.3 is 0 Å². The second-order valence-corrected chi connectivity index (χ2v) is 8.98. The first-order chi connectivity index (χ1) is 17.1. The van der Waals surface area contributed by atoms with Gasteiger partial charge in [-0.1, -0.05) is 42.8 Å². The number of benzene rings is 2. The van der Waals surface area contributed by atoms with Crippen molar-refractivity contribution in [3.8, 4) is 22.5 Å². The summed E-state index contributed by atoms with van der Waals surface area (Å²) in [5.74, 6) is 0.0983. The summed E-state index contributed by atoms with van der Waals surface area (Å²) >= 11 is 6.12. The molecule has 0 fully saturated rings. The van der Waals surface area contributed by atoms with Gasteiger partial charge in [-0.15, -0.1) is 0 Å². The van der Waals surface area contributed by atoms with E-state index in [9.17, 15) is 0 Å². The van der Waals surface area contributed by atoms with Gasteiger partial charge in [0, 0.05) is 39.8 Å². The van der Waals surface area contributed by atoms with Crippen LogP contribution in [0.2, 0.25) is 5.02 Å². The molecule has 1 N–H and O–H groups in total. The molecular formula is C28H21ClN6. The average molecular weight is 477 g/mol. The number of nitrogens with zero attached hydrogens (tertiary/aromatic N) is 5. The number of imidazole rings is 1. The predicted molar refractivity (Wildman–Crippen MR) is 139 cm³/mol. The van der Waals surface area contributed by atoms with E-state index in [0.29, 0.717) is 5.65 Å². The Morgan fingerprint density at radius 3 is 2.51 bits per heavy atom. The van der Waals surface area contributed by atoms with Crippen LogP contribution in [0.1, 0.15) is 29.7 Å². The van der Waals surface area contributed by atoms with Crippen molar-refractivity contribution in [3.05, 3.63) is 101 Å². The molecule has 6 aromatic rings. The average Bonchev–Trinajstić information content (AvgIpc) is 3.38. The zero-order chi connectivity index (χ0) is 23.9. The minimum absolute atomic E-state index is 0.0983. The molecule has 0 saturated heterocycles. The van der Waals surface area contributed by atoms with Crippen molar-refractivity contribution < 1.29 is 0 Å². The van der Waals surface area contributed by atoms with E-state index in [0.717, 1.165) is 60.6 Å². The van der Waals surface area contributed by atoms with Crippen LogP contribution in [-0.4, -0.2) is 29.9 Å². The summed E-state index contributed by atoms with van der Waals surface area (Å²) in [6.45, 7) is 4.29. The highest BCUT2D eigenvalue weighted by atomic mass is 35.5. The Morgan fingerprint density at radius 1 is 0.800 bits per heavy atom. The first kappa shape index (κ1) is 21.4. The lowest BCUT2D eigenvalue weighted by molar-refractivity contribution is 0.885. The maximum Gasteiger partial charge on any atom is 0.181 e. The van der Waals surface area contributed by atoms with Gasteiger partial charge in [0.05, 0.1) is 17.7 Å². The van der Waals surface area contributed by atoms with Gasteiger partial charge in [-0.25, -0.2) is 15.0 Å². The molecule has 4 aromatic heterocycles. The number of nitrogens with one attached hydrogen (secondary N) is 1. The van der Waals surface area contributed by atoms with Gasteiger partial charge in [0.15, 0.2) is 5.65 Å². The molecule has 0 aliphatic carbocycles. The Morgan fingerprint density at radius 2 is 1.66 bits per heavy atom. The lowest BCUT2D eigenvalue weighted by atomic mass is 9.89. The lowest BCUT2D eigenvalue weighted by Crippen LogP contribution is -2.02. The van der Waals surface area contributed by atoms with Crippen molar-refractivity contribution in [1.29, 1.82) is 0 Å². The van der Waals surface area contributed by atoms with E-state index in [1.54, 1.807) is 12.7 Å². The summed E-state index contributed by atoms with van der Waals surface area (Å²) in [6.07, 6.45) is 6.88. The molecule has 0 radical (unpaired) electrons. The van der Waals surface area contributed by atoms with E-state index >= 15 is 0 Å². The Labute approximate surface area is 207 Å². The number of pyridine rings is 2. The number of halogens is 1. The van der Waals surface area contributed by atoms with Crippen molar-refractivity contribution in [2.45, 2.75) is 19.8 Å². The van der Waals surface area contributed by atoms with Gasteiger partial charge in [0.25, 0.3) is 0 Å². The van der Waals surface area contributed by atoms with Crippen LogP contribution in [0.25, 0.3) is 44.5 Å². The molecule has 7 heteroatoms. The molecule has 0 unspecified atom stereocenters. The maximum absolute atomic E-state index is 6.12. The van der Waals surface area contributed by atoms with Crippen molar-refractivity contribution in [1.82, 2.24) is 29.9 Å². The third kappa shape index (κ3) is 3.63. The van der Waals surface area contributed by atoms with E-state index in [2.05, 4.69) is 64.1 Å². The number of hydrogen-bond acceptors (Lipinski definition) is 5. The molecule has 0 spiro atoms. The van der Waals surface area contributed by atoms with Gasteiger partial charge in [-0.05, 0) is 53.8 Å². The molecule has 35 heavy (non-hydrogen) atoms. The number of hydrogen-bond donors (Lipinski definition) is 1. The molecule has 2 aromatic carbocycles. The van der Waals surface area contributed by atoms with Crippen LogP contribution < -0.4 is 0 Å². The van der Waals surface area contributed by atoms with Gasteiger partial charge in [0.1, 0.15) is 17.5 Å². The summed E-state index contributed by atoms with van der Waals surface area (Å²) in [7, 11) is 0. The third-order valence-corrected chi connectivity index (χ3v) is 6.74. The number of rotatable bonds is 4. The molecule has 170 valence electrons. The fourth-order valence-corrected chi connectivity index (χ4v) is 4.85. The van der Waals surface area contributed by atoms with E-state index in [-0.39, 0.29) is 5.92 Å². The number of aryl methyl sites for hydroxylation is 1. The second kappa shape index (κ2) is 8.56. The molecule has 6 rings (SSSR count). The first-order valence-corrected chi connectivity index (χ1v) is 11.7. The monoisotopic (exact) mass is 476 g/mol. The summed E-state index contributed by atoms with van der Waals surface area (Å²) in [4.78, 5) is 26.0. The topological polar surface area (TPSA) is 80.2 Å². The van der Waals surface area contributed by atoms with E-state index in [4.69, 9.17) is 21.6 Å². The minimum atomic E-state index is 0.0983. The highest BCUT2D eigenvalue weighted by Crippen LogP contribution is 2.39. The molecule has 1 atom stereocenters. The zero-order valence-electron chi connectivity index (χ0n) is 19.2. The molecule has 4 heterocycles. The lowest BCUT2D eigenvalue weighted by Gasteiger charge is -2.18. The van der Waals surface area contributed by atoms with Crippen LogP contribution in [0, 0.1) is 6.92 Å². The Bertz CT molecular complexity index is 1690. The summed E-state index contributed by atoms with van der Waals surface area (Å²) in [6, 6.07) is 18.3. The molecular weight excluding hydrogens is 456 g/mol. The van der Waals surface area contributed by atoms with Crippen LogP contribution in [-0.2, 0) is 0 Å². The largest absolute Gasteiger partial charge is 0.341 e. The zero-order valence-corrected chi connectivity index (χ0v) is 20.0. The predicted octanol–water partition coefficient (Wildman–Crippen LogP) is 6.74. The third-order valence-electron chi connectivity index (χ3n) is 6.49. The van der Waals surface area contributed by atoms with Gasteiger partial charge in [0.2, 0.25) is 0 Å². The second-order valence-electron chi connectivity index (χ2n) is 8.55. The Kier molecular flexibility index (Phi) is 5.23. The first-order valence-electron chi connectivity index (χ1n) is 11.4. The van der Waals surface area contributed by atoms with Crippen LogP contribution in [0.4, 0.5) is 0 Å². The van der Waals surface area contributed by atoms with Gasteiger partial charge in [-0.3, -0.25) is 9.97 Å². The fraction of sp³-hybridized carbons (Fsp3) is 0.107. The molecule has 0 aliphatic heterocycles. The quantitative estimate of drug-likeness (QED) is 0.304. The van der Waals surface area contributed by atoms with Crippen molar-refractivity contribution >= 4 is 33.5 Å². The molecule has 0 aliphatic rings. The Hall–Kier alpha value is -4.16. The maximum atomic E-state index is 6.12. The Balaban J connectivity index is 1.58. The van der Waals surface area contributed by atoms with Crippen LogP contribution >= 0.6 is 11.6 Å². The molecule has 0 amide bonds. The van der Waals surface area contributed by atoms with Crippen molar-refractivity contribution in [2.24, 2.45) is 0 Å². The minimum Gasteiger partial charge on any atom is -0.341 e. The SMILES string of the molecule is Cc1ccc2c([C@H](C)c3ccc(Cl)cc3)nccc2c1-c1ncccc1-c1ncnc2nc[nH]c12. The smallest absolute Gasteiger partial charge is 0.181 e. The van der Waals surface area contributed by atoms with Gasteiger partial charge < -0.3 is 4.98 Å². The summed E-state index contributed by atoms with van der Waals surface area (Å²) in [5, 5.41) is 2.93. The normalized spacial score (nSPS) is 12.3. The molecule has 0 bridgehead atoms. The van der Waals surface area contributed by atoms with E-state index in [1.165, 1.54) is 0 Å². The van der Waals surface area contributed by atoms with Crippen LogP contribution in [0.5, 0.6) is 0 Å². The standard InChI is InChI=1S/C28H21ClN6/c1-16-5-10-21-20(11-13-31-24(21)17(2)18-6-8-19(29)9-7-18)23(16)25-22(4-3-12-30-25)26-27-28(34-14-32-26)35-15-33-27/h3-15,17H,1-2H3,(H,32,33,34,35)/t17-/m1/s1. The van der Waals surface area contributed by atoms with Crippen LogP contribution in [0.15, 0.2) is 79.6 Å². The van der Waals surface area contributed by atoms with Gasteiger partial charge in [-0.2, -0.15) is 0 Å². The number of aromatic amines is 1. The number of fused-ring (bicyclic) bond motifs is 2. The number of H-pyrrole nitrogens is 1. The highest BCUT2D eigenvalue weighted by molar-refractivity contribution is 6.30. The summed E-state index contributed by atoms with van der Waals surface area (Å²) in [5.41, 5.74) is 8.35. The van der Waals surface area contributed by atoms with E-state index in [1.807, 2.05) is 36.7 Å². The number of aromatic nitrogens is 6. The molecule has 6 nitrogen and oxygen atoms in total. The summed E-state index contributed by atoms with van der Waals surface area (Å²) < 4.78 is 0.